The number of nitrogens with two attached hydrogens (primary N) is 1. The van der Waals surface area contributed by atoms with Crippen molar-refractivity contribution in [2.24, 2.45) is 11.1 Å². The molecule has 0 spiro atoms. The molecule has 0 radical (unpaired) electrons. The van der Waals surface area contributed by atoms with Crippen molar-refractivity contribution in [1.82, 2.24) is 10.2 Å². The first-order valence-electron chi connectivity index (χ1n) is 9.07. The molecule has 1 aromatic carbocycles. The monoisotopic (exact) mass is 403 g/mol. The third-order valence-electron chi connectivity index (χ3n) is 5.49. The smallest absolute Gasteiger partial charge is 0.227 e. The number of amides is 1. The predicted molar refractivity (Wildman–Crippen MR) is 109 cm³/mol. The first-order valence-corrected chi connectivity index (χ1v) is 9.07. The van der Waals surface area contributed by atoms with Crippen LogP contribution in [0, 0.1) is 5.41 Å². The molecule has 0 aliphatic carbocycles. The number of rotatable bonds is 5. The van der Waals surface area contributed by atoms with E-state index in [0.29, 0.717) is 19.8 Å². The van der Waals surface area contributed by atoms with Crippen LogP contribution in [0.15, 0.2) is 30.3 Å². The van der Waals surface area contributed by atoms with Crippen LogP contribution in [-0.2, 0) is 16.1 Å². The molecule has 1 aromatic rings. The lowest BCUT2D eigenvalue weighted by Crippen LogP contribution is -2.53. The molecule has 1 amide bonds. The van der Waals surface area contributed by atoms with Gasteiger partial charge < -0.3 is 15.8 Å². The fraction of sp³-hybridized carbons (Fsp3) is 0.632. The summed E-state index contributed by atoms with van der Waals surface area (Å²) in [6, 6.07) is 10.8. The minimum Gasteiger partial charge on any atom is -0.381 e. The second kappa shape index (κ2) is 11.1. The number of halogens is 2. The Balaban J connectivity index is 0.00000169. The minimum absolute atomic E-state index is 0. The van der Waals surface area contributed by atoms with Crippen LogP contribution in [0.5, 0.6) is 0 Å². The fourth-order valence-corrected chi connectivity index (χ4v) is 3.70. The Morgan fingerprint density at radius 3 is 2.35 bits per heavy atom. The van der Waals surface area contributed by atoms with Crippen LogP contribution in [0.2, 0.25) is 0 Å². The second-order valence-electron chi connectivity index (χ2n) is 7.11. The van der Waals surface area contributed by atoms with Gasteiger partial charge in [-0.2, -0.15) is 0 Å². The molecule has 2 heterocycles. The van der Waals surface area contributed by atoms with Gasteiger partial charge in [0.25, 0.3) is 0 Å². The van der Waals surface area contributed by atoms with Gasteiger partial charge in [-0.3, -0.25) is 9.69 Å². The van der Waals surface area contributed by atoms with Gasteiger partial charge in [0.1, 0.15) is 0 Å². The Bertz CT molecular complexity index is 531. The molecule has 3 N–H and O–H groups in total. The maximum atomic E-state index is 12.7. The van der Waals surface area contributed by atoms with Crippen molar-refractivity contribution in [2.45, 2.75) is 38.3 Å². The lowest BCUT2D eigenvalue weighted by Gasteiger charge is -2.38. The Hall–Kier alpha value is -0.850. The van der Waals surface area contributed by atoms with E-state index in [0.717, 1.165) is 45.3 Å². The third-order valence-corrected chi connectivity index (χ3v) is 5.49. The van der Waals surface area contributed by atoms with E-state index in [1.165, 1.54) is 5.56 Å². The zero-order valence-corrected chi connectivity index (χ0v) is 16.8. The summed E-state index contributed by atoms with van der Waals surface area (Å²) in [6.45, 7) is 4.73. The summed E-state index contributed by atoms with van der Waals surface area (Å²) in [6.07, 6.45) is 3.50. The second-order valence-corrected chi connectivity index (χ2v) is 7.11. The van der Waals surface area contributed by atoms with Gasteiger partial charge in [0.05, 0.1) is 5.41 Å². The van der Waals surface area contributed by atoms with Crippen molar-refractivity contribution in [2.75, 3.05) is 32.8 Å². The van der Waals surface area contributed by atoms with Crippen molar-refractivity contribution in [3.05, 3.63) is 35.9 Å². The summed E-state index contributed by atoms with van der Waals surface area (Å²) in [5.41, 5.74) is 6.86. The first kappa shape index (κ1) is 23.2. The van der Waals surface area contributed by atoms with E-state index in [9.17, 15) is 4.79 Å². The molecular weight excluding hydrogens is 373 g/mol. The average Bonchev–Trinajstić information content (AvgIpc) is 2.64. The number of hydrogen-bond donors (Lipinski definition) is 2. The molecule has 0 atom stereocenters. The third kappa shape index (κ3) is 5.83. The van der Waals surface area contributed by atoms with E-state index in [1.54, 1.807) is 0 Å². The minimum atomic E-state index is -0.417. The number of hydrogen-bond acceptors (Lipinski definition) is 4. The Labute approximate surface area is 168 Å². The van der Waals surface area contributed by atoms with Gasteiger partial charge in [-0.25, -0.2) is 0 Å². The van der Waals surface area contributed by atoms with Crippen LogP contribution >= 0.6 is 24.8 Å². The lowest BCUT2D eigenvalue weighted by molar-refractivity contribution is -0.137. The SMILES string of the molecule is Cl.Cl.NCC1(C(=O)NC2CCN(Cc3ccccc3)CC2)CCOCC1. The van der Waals surface area contributed by atoms with Crippen LogP contribution in [-0.4, -0.2) is 49.7 Å². The molecule has 7 heteroatoms. The summed E-state index contributed by atoms with van der Waals surface area (Å²) in [4.78, 5) is 15.2. The summed E-state index contributed by atoms with van der Waals surface area (Å²) in [5, 5.41) is 3.26. The first-order chi connectivity index (χ1) is 11.7. The van der Waals surface area contributed by atoms with Crippen LogP contribution in [0.4, 0.5) is 0 Å². The molecule has 2 aliphatic rings. The quantitative estimate of drug-likeness (QED) is 0.791. The number of likely N-dealkylation sites (tertiary alicyclic amines) is 1. The number of carbonyl (C=O) groups is 1. The molecule has 5 nitrogen and oxygen atoms in total. The standard InChI is InChI=1S/C19H29N3O2.2ClH/c20-15-19(8-12-24-13-9-19)18(23)21-17-6-10-22(11-7-17)14-16-4-2-1-3-5-16;;/h1-5,17H,6-15,20H2,(H,21,23);2*1H. The highest BCUT2D eigenvalue weighted by molar-refractivity contribution is 5.85. The Morgan fingerprint density at radius 1 is 1.15 bits per heavy atom. The largest absolute Gasteiger partial charge is 0.381 e. The van der Waals surface area contributed by atoms with Crippen molar-refractivity contribution >= 4 is 30.7 Å². The molecule has 26 heavy (non-hydrogen) atoms. The van der Waals surface area contributed by atoms with E-state index in [2.05, 4.69) is 40.5 Å². The van der Waals surface area contributed by atoms with E-state index in [1.807, 2.05) is 0 Å². The van der Waals surface area contributed by atoms with Gasteiger partial charge in [0.2, 0.25) is 5.91 Å². The van der Waals surface area contributed by atoms with E-state index in [-0.39, 0.29) is 36.8 Å². The van der Waals surface area contributed by atoms with Crippen LogP contribution < -0.4 is 11.1 Å². The maximum absolute atomic E-state index is 12.7. The number of carbonyl (C=O) groups excluding carboxylic acids is 1. The Morgan fingerprint density at radius 2 is 1.77 bits per heavy atom. The molecule has 0 bridgehead atoms. The van der Waals surface area contributed by atoms with Crippen molar-refractivity contribution in [3.8, 4) is 0 Å². The van der Waals surface area contributed by atoms with Gasteiger partial charge in [0.15, 0.2) is 0 Å². The number of benzene rings is 1. The molecule has 2 saturated heterocycles. The number of nitrogens with one attached hydrogen (secondary N) is 1. The van der Waals surface area contributed by atoms with Gasteiger partial charge >= 0.3 is 0 Å². The van der Waals surface area contributed by atoms with Crippen molar-refractivity contribution in [1.29, 1.82) is 0 Å². The topological polar surface area (TPSA) is 67.6 Å². The summed E-state index contributed by atoms with van der Waals surface area (Å²) in [5.74, 6) is 0.134. The number of piperidine rings is 1. The molecule has 2 aliphatic heterocycles. The van der Waals surface area contributed by atoms with Crippen LogP contribution in [0.3, 0.4) is 0 Å². The number of nitrogens with zero attached hydrogens (tertiary/aromatic N) is 1. The number of ether oxygens (including phenoxy) is 1. The molecular formula is C19H31Cl2N3O2. The molecule has 148 valence electrons. The van der Waals surface area contributed by atoms with Crippen molar-refractivity contribution in [3.63, 3.8) is 0 Å². The molecule has 3 rings (SSSR count). The molecule has 0 saturated carbocycles. The predicted octanol–water partition coefficient (Wildman–Crippen LogP) is 2.37. The fourth-order valence-electron chi connectivity index (χ4n) is 3.70. The summed E-state index contributed by atoms with van der Waals surface area (Å²) >= 11 is 0. The summed E-state index contributed by atoms with van der Waals surface area (Å²) in [7, 11) is 0. The highest BCUT2D eigenvalue weighted by Crippen LogP contribution is 2.30. The highest BCUT2D eigenvalue weighted by atomic mass is 35.5. The molecule has 0 aromatic heterocycles. The molecule has 0 unspecified atom stereocenters. The maximum Gasteiger partial charge on any atom is 0.227 e. The van der Waals surface area contributed by atoms with Gasteiger partial charge in [0, 0.05) is 45.4 Å². The average molecular weight is 404 g/mol. The molecule has 2 fully saturated rings. The van der Waals surface area contributed by atoms with Crippen LogP contribution in [0.25, 0.3) is 0 Å². The van der Waals surface area contributed by atoms with E-state index >= 15 is 0 Å². The Kier molecular flexibility index (Phi) is 9.90. The summed E-state index contributed by atoms with van der Waals surface area (Å²) < 4.78 is 5.40. The van der Waals surface area contributed by atoms with Gasteiger partial charge in [-0.1, -0.05) is 30.3 Å². The zero-order valence-electron chi connectivity index (χ0n) is 15.2. The van der Waals surface area contributed by atoms with E-state index in [4.69, 9.17) is 10.5 Å². The van der Waals surface area contributed by atoms with E-state index < -0.39 is 5.41 Å². The lowest BCUT2D eigenvalue weighted by atomic mass is 9.79. The van der Waals surface area contributed by atoms with Crippen LogP contribution in [0.1, 0.15) is 31.2 Å². The normalized spacial score (nSPS) is 20.5. The van der Waals surface area contributed by atoms with Gasteiger partial charge in [-0.05, 0) is 31.2 Å². The van der Waals surface area contributed by atoms with Crippen molar-refractivity contribution < 1.29 is 9.53 Å². The zero-order chi connectivity index (χ0) is 16.8. The highest BCUT2D eigenvalue weighted by Gasteiger charge is 2.39. The van der Waals surface area contributed by atoms with Gasteiger partial charge in [-0.15, -0.1) is 24.8 Å².